The van der Waals surface area contributed by atoms with Gasteiger partial charge in [0, 0.05) is 5.56 Å². The molecule has 0 bridgehead atoms. The number of hydrogen-bond donors (Lipinski definition) is 0. The third kappa shape index (κ3) is 5.46. The highest BCUT2D eigenvalue weighted by Gasteiger charge is 2.37. The number of ether oxygens (including phenoxy) is 3. The first kappa shape index (κ1) is 25.1. The Kier molecular flexibility index (Phi) is 7.97. The van der Waals surface area contributed by atoms with Gasteiger partial charge in [-0.15, -0.1) is 0 Å². The van der Waals surface area contributed by atoms with Crippen LogP contribution in [-0.2, 0) is 11.4 Å². The Bertz CT molecular complexity index is 1310. The van der Waals surface area contributed by atoms with Gasteiger partial charge in [-0.1, -0.05) is 30.3 Å². The fraction of sp³-hybridized carbons (Fsp3) is 0.154. The molecule has 1 saturated heterocycles. The summed E-state index contributed by atoms with van der Waals surface area (Å²) in [5, 5.41) is -0.407. The summed E-state index contributed by atoms with van der Waals surface area (Å²) in [6.45, 7) is 2.28. The van der Waals surface area contributed by atoms with Crippen LogP contribution in [0.1, 0.15) is 18.1 Å². The molecule has 180 valence electrons. The fourth-order valence-electron chi connectivity index (χ4n) is 3.48. The summed E-state index contributed by atoms with van der Waals surface area (Å²) in [6.07, 6.45) is 1.64. The Morgan fingerprint density at radius 2 is 1.77 bits per heavy atom. The summed E-state index contributed by atoms with van der Waals surface area (Å²) in [5.74, 6) is 0.599. The molecule has 0 aromatic heterocycles. The number of amides is 2. The van der Waals surface area contributed by atoms with Crippen molar-refractivity contribution in [3.05, 3.63) is 86.1 Å². The molecule has 9 heteroatoms. The van der Waals surface area contributed by atoms with E-state index in [2.05, 4.69) is 22.6 Å². The van der Waals surface area contributed by atoms with Crippen LogP contribution >= 0.6 is 34.4 Å². The fourth-order valence-corrected chi connectivity index (χ4v) is 5.10. The maximum absolute atomic E-state index is 14.0. The van der Waals surface area contributed by atoms with E-state index in [4.69, 9.17) is 14.2 Å². The zero-order valence-electron chi connectivity index (χ0n) is 18.9. The van der Waals surface area contributed by atoms with E-state index in [1.807, 2.05) is 13.0 Å². The van der Waals surface area contributed by atoms with E-state index >= 15 is 0 Å². The smallest absolute Gasteiger partial charge is 0.298 e. The molecular weight excluding hydrogens is 584 g/mol. The molecule has 0 radical (unpaired) electrons. The molecule has 35 heavy (non-hydrogen) atoms. The molecule has 6 nitrogen and oxygen atoms in total. The lowest BCUT2D eigenvalue weighted by molar-refractivity contribution is -0.113. The summed E-state index contributed by atoms with van der Waals surface area (Å²) in [4.78, 5) is 27.2. The molecule has 2 amide bonds. The molecule has 0 N–H and O–H groups in total. The van der Waals surface area contributed by atoms with E-state index in [0.717, 1.165) is 20.2 Å². The lowest BCUT2D eigenvalue weighted by Crippen LogP contribution is -2.28. The maximum atomic E-state index is 14.0. The quantitative estimate of drug-likeness (QED) is 0.212. The SMILES string of the molecule is CCOc1cc(/C=C2\SC(=O)N(c3ccccc3OC)C2=O)cc(I)c1OCc1ccccc1F. The first-order valence-corrected chi connectivity index (χ1v) is 12.6. The van der Waals surface area contributed by atoms with Crippen molar-refractivity contribution in [2.75, 3.05) is 18.6 Å². The van der Waals surface area contributed by atoms with E-state index in [9.17, 15) is 14.0 Å². The van der Waals surface area contributed by atoms with Gasteiger partial charge in [-0.2, -0.15) is 0 Å². The Hall–Kier alpha value is -3.05. The number of carbonyl (C=O) groups excluding carboxylic acids is 2. The molecule has 1 aliphatic heterocycles. The van der Waals surface area contributed by atoms with Crippen LogP contribution in [0.3, 0.4) is 0 Å². The van der Waals surface area contributed by atoms with Crippen LogP contribution in [0, 0.1) is 9.39 Å². The summed E-state index contributed by atoms with van der Waals surface area (Å²) >= 11 is 2.96. The second-order valence-corrected chi connectivity index (χ2v) is 9.49. The molecule has 0 saturated carbocycles. The summed E-state index contributed by atoms with van der Waals surface area (Å²) in [6, 6.07) is 16.8. The molecule has 3 aromatic carbocycles. The van der Waals surface area contributed by atoms with Gasteiger partial charge in [0.15, 0.2) is 11.5 Å². The predicted molar refractivity (Wildman–Crippen MR) is 143 cm³/mol. The molecule has 1 aliphatic rings. The number of hydrogen-bond acceptors (Lipinski definition) is 6. The van der Waals surface area contributed by atoms with Crippen molar-refractivity contribution in [2.24, 2.45) is 0 Å². The molecule has 3 aromatic rings. The van der Waals surface area contributed by atoms with Crippen LogP contribution in [0.25, 0.3) is 6.08 Å². The lowest BCUT2D eigenvalue weighted by atomic mass is 10.1. The standard InChI is InChI=1S/C26H21FINO5S/c1-3-33-22-13-16(12-19(28)24(22)34-15-17-8-4-5-9-18(17)27)14-23-25(30)29(26(31)35-23)20-10-6-7-11-21(20)32-2/h4-14H,3,15H2,1-2H3/b23-14-. The number of carbonyl (C=O) groups is 2. The third-order valence-corrected chi connectivity index (χ3v) is 6.75. The van der Waals surface area contributed by atoms with Crippen molar-refractivity contribution < 1.29 is 28.2 Å². The van der Waals surface area contributed by atoms with E-state index in [-0.39, 0.29) is 17.3 Å². The van der Waals surface area contributed by atoms with Crippen LogP contribution in [0.2, 0.25) is 0 Å². The number of nitrogens with zero attached hydrogens (tertiary/aromatic N) is 1. The van der Waals surface area contributed by atoms with Crippen LogP contribution in [0.5, 0.6) is 17.2 Å². The maximum Gasteiger partial charge on any atom is 0.298 e. The molecule has 4 rings (SSSR count). The zero-order valence-corrected chi connectivity index (χ0v) is 21.9. The Morgan fingerprint density at radius 1 is 1.03 bits per heavy atom. The number of methoxy groups -OCH3 is 1. The average Bonchev–Trinajstić information content (AvgIpc) is 3.12. The van der Waals surface area contributed by atoms with Gasteiger partial charge in [0.1, 0.15) is 18.2 Å². The predicted octanol–water partition coefficient (Wildman–Crippen LogP) is 6.66. The molecule has 0 atom stereocenters. The summed E-state index contributed by atoms with van der Waals surface area (Å²) in [5.41, 5.74) is 1.49. The average molecular weight is 605 g/mol. The Labute approximate surface area is 220 Å². The van der Waals surface area contributed by atoms with Gasteiger partial charge in [0.05, 0.1) is 27.9 Å². The van der Waals surface area contributed by atoms with Crippen LogP contribution < -0.4 is 19.1 Å². The van der Waals surface area contributed by atoms with Crippen molar-refractivity contribution in [3.63, 3.8) is 0 Å². The lowest BCUT2D eigenvalue weighted by Gasteiger charge is -2.16. The second kappa shape index (κ2) is 11.1. The zero-order chi connectivity index (χ0) is 24.9. The largest absolute Gasteiger partial charge is 0.495 e. The van der Waals surface area contributed by atoms with Crippen LogP contribution in [0.4, 0.5) is 14.9 Å². The van der Waals surface area contributed by atoms with E-state index < -0.39 is 11.1 Å². The molecule has 1 heterocycles. The number of benzene rings is 3. The highest BCUT2D eigenvalue weighted by atomic mass is 127. The minimum atomic E-state index is -0.433. The topological polar surface area (TPSA) is 65.1 Å². The van der Waals surface area contributed by atoms with E-state index in [1.165, 1.54) is 13.2 Å². The first-order chi connectivity index (χ1) is 16.9. The van der Waals surface area contributed by atoms with Crippen molar-refractivity contribution >= 4 is 57.3 Å². The Balaban J connectivity index is 1.62. The van der Waals surface area contributed by atoms with Gasteiger partial charge < -0.3 is 14.2 Å². The molecule has 0 spiro atoms. The van der Waals surface area contributed by atoms with Crippen molar-refractivity contribution in [1.82, 2.24) is 0 Å². The molecule has 0 unspecified atom stereocenters. The van der Waals surface area contributed by atoms with Gasteiger partial charge in [0.25, 0.3) is 11.1 Å². The van der Waals surface area contributed by atoms with Gasteiger partial charge in [-0.3, -0.25) is 9.59 Å². The summed E-state index contributed by atoms with van der Waals surface area (Å²) < 4.78 is 31.7. The normalized spacial score (nSPS) is 14.5. The molecule has 0 aliphatic carbocycles. The minimum absolute atomic E-state index is 0.0416. The van der Waals surface area contributed by atoms with Crippen LogP contribution in [-0.4, -0.2) is 24.9 Å². The summed E-state index contributed by atoms with van der Waals surface area (Å²) in [7, 11) is 1.49. The Morgan fingerprint density at radius 3 is 2.51 bits per heavy atom. The van der Waals surface area contributed by atoms with Gasteiger partial charge >= 0.3 is 0 Å². The van der Waals surface area contributed by atoms with Crippen molar-refractivity contribution in [2.45, 2.75) is 13.5 Å². The number of para-hydroxylation sites is 2. The number of anilines is 1. The second-order valence-electron chi connectivity index (χ2n) is 7.33. The number of rotatable bonds is 8. The van der Waals surface area contributed by atoms with Crippen molar-refractivity contribution in [3.8, 4) is 17.2 Å². The van der Waals surface area contributed by atoms with E-state index in [0.29, 0.717) is 40.7 Å². The molecule has 1 fully saturated rings. The highest BCUT2D eigenvalue weighted by Crippen LogP contribution is 2.41. The highest BCUT2D eigenvalue weighted by molar-refractivity contribution is 14.1. The first-order valence-electron chi connectivity index (χ1n) is 10.7. The van der Waals surface area contributed by atoms with Crippen LogP contribution in [0.15, 0.2) is 65.6 Å². The molecular formula is C26H21FINO5S. The van der Waals surface area contributed by atoms with Gasteiger partial charge in [-0.05, 0) is 83.2 Å². The van der Waals surface area contributed by atoms with Gasteiger partial charge in [0.2, 0.25) is 0 Å². The number of thioether (sulfide) groups is 1. The number of halogens is 2. The third-order valence-electron chi connectivity index (χ3n) is 5.08. The van der Waals surface area contributed by atoms with E-state index in [1.54, 1.807) is 54.6 Å². The van der Waals surface area contributed by atoms with Gasteiger partial charge in [-0.25, -0.2) is 9.29 Å². The van der Waals surface area contributed by atoms with Crippen molar-refractivity contribution in [1.29, 1.82) is 0 Å². The minimum Gasteiger partial charge on any atom is -0.495 e. The number of imide groups is 1. The monoisotopic (exact) mass is 605 g/mol.